The summed E-state index contributed by atoms with van der Waals surface area (Å²) in [6.45, 7) is 4.69. The van der Waals surface area contributed by atoms with Crippen LogP contribution in [0.3, 0.4) is 0 Å². The van der Waals surface area contributed by atoms with Crippen LogP contribution in [-0.4, -0.2) is 23.0 Å². The monoisotopic (exact) mass is 228 g/mol. The first-order chi connectivity index (χ1) is 8.38. The van der Waals surface area contributed by atoms with E-state index in [1.54, 1.807) is 0 Å². The lowest BCUT2D eigenvalue weighted by Crippen LogP contribution is -2.33. The molecule has 2 aromatic rings. The maximum absolute atomic E-state index is 3.26. The van der Waals surface area contributed by atoms with Crippen molar-refractivity contribution in [1.82, 2.24) is 9.88 Å². The number of H-pyrrole nitrogens is 1. The topological polar surface area (TPSA) is 19.0 Å². The van der Waals surface area contributed by atoms with E-state index in [1.807, 2.05) is 6.20 Å². The molecule has 1 fully saturated rings. The minimum absolute atomic E-state index is 0.632. The van der Waals surface area contributed by atoms with Gasteiger partial charge in [-0.1, -0.05) is 19.4 Å². The Balaban J connectivity index is 1.95. The van der Waals surface area contributed by atoms with Gasteiger partial charge in [-0.15, -0.1) is 0 Å². The summed E-state index contributed by atoms with van der Waals surface area (Å²) in [6, 6.07) is 9.65. The Morgan fingerprint density at radius 1 is 1.29 bits per heavy atom. The van der Waals surface area contributed by atoms with Gasteiger partial charge in [0.15, 0.2) is 0 Å². The molecule has 90 valence electrons. The number of aromatic amines is 1. The maximum Gasteiger partial charge on any atom is 0.0454 e. The number of benzene rings is 1. The summed E-state index contributed by atoms with van der Waals surface area (Å²) >= 11 is 0. The van der Waals surface area contributed by atoms with E-state index >= 15 is 0 Å². The molecule has 1 saturated heterocycles. The van der Waals surface area contributed by atoms with Crippen LogP contribution in [0.25, 0.3) is 10.9 Å². The lowest BCUT2D eigenvalue weighted by molar-refractivity contribution is 0.157. The van der Waals surface area contributed by atoms with Crippen molar-refractivity contribution in [2.24, 2.45) is 0 Å². The second kappa shape index (κ2) is 4.53. The summed E-state index contributed by atoms with van der Waals surface area (Å²) < 4.78 is 0. The minimum Gasteiger partial charge on any atom is -0.361 e. The standard InChI is InChI=1S/C15H20N2/c1-2-17-10-4-3-5-15(17)13-6-7-14-12(11-13)8-9-16-14/h6-9,11,15-16H,2-5,10H2,1H3/t15-/m0/s1. The van der Waals surface area contributed by atoms with Gasteiger partial charge >= 0.3 is 0 Å². The molecule has 0 spiro atoms. The first-order valence-corrected chi connectivity index (χ1v) is 6.69. The number of fused-ring (bicyclic) bond motifs is 1. The Hall–Kier alpha value is -1.28. The highest BCUT2D eigenvalue weighted by molar-refractivity contribution is 5.80. The molecule has 3 rings (SSSR count). The van der Waals surface area contributed by atoms with E-state index in [-0.39, 0.29) is 0 Å². The van der Waals surface area contributed by atoms with Crippen molar-refractivity contribution in [2.45, 2.75) is 32.2 Å². The molecule has 0 unspecified atom stereocenters. The summed E-state index contributed by atoms with van der Waals surface area (Å²) in [5.41, 5.74) is 2.73. The molecular weight excluding hydrogens is 208 g/mol. The molecule has 0 aliphatic carbocycles. The second-order valence-electron chi connectivity index (χ2n) is 4.96. The van der Waals surface area contributed by atoms with Crippen LogP contribution in [0.1, 0.15) is 37.8 Å². The largest absolute Gasteiger partial charge is 0.361 e. The number of rotatable bonds is 2. The molecular formula is C15H20N2. The molecule has 1 atom stereocenters. The first kappa shape index (κ1) is 10.8. The highest BCUT2D eigenvalue weighted by Gasteiger charge is 2.22. The molecule has 1 aliphatic heterocycles. The summed E-state index contributed by atoms with van der Waals surface area (Å²) in [6.07, 6.45) is 6.06. The zero-order valence-corrected chi connectivity index (χ0v) is 10.4. The summed E-state index contributed by atoms with van der Waals surface area (Å²) in [4.78, 5) is 5.87. The van der Waals surface area contributed by atoms with E-state index < -0.39 is 0 Å². The van der Waals surface area contributed by atoms with E-state index in [4.69, 9.17) is 0 Å². The quantitative estimate of drug-likeness (QED) is 0.830. The van der Waals surface area contributed by atoms with Crippen LogP contribution < -0.4 is 0 Å². The normalized spacial score (nSPS) is 22.1. The van der Waals surface area contributed by atoms with E-state index in [0.29, 0.717) is 6.04 Å². The van der Waals surface area contributed by atoms with Gasteiger partial charge in [-0.25, -0.2) is 0 Å². The van der Waals surface area contributed by atoms with Gasteiger partial charge in [-0.2, -0.15) is 0 Å². The van der Waals surface area contributed by atoms with Gasteiger partial charge < -0.3 is 4.98 Å². The summed E-state index contributed by atoms with van der Waals surface area (Å²) in [5, 5.41) is 1.34. The van der Waals surface area contributed by atoms with Gasteiger partial charge in [0.05, 0.1) is 0 Å². The third-order valence-corrected chi connectivity index (χ3v) is 3.98. The predicted molar refractivity (Wildman–Crippen MR) is 72.1 cm³/mol. The van der Waals surface area contributed by atoms with Gasteiger partial charge in [0.2, 0.25) is 0 Å². The second-order valence-corrected chi connectivity index (χ2v) is 4.96. The molecule has 0 bridgehead atoms. The number of hydrogen-bond donors (Lipinski definition) is 1. The predicted octanol–water partition coefficient (Wildman–Crippen LogP) is 3.71. The van der Waals surface area contributed by atoms with E-state index in [9.17, 15) is 0 Å². The van der Waals surface area contributed by atoms with Gasteiger partial charge in [0.1, 0.15) is 0 Å². The molecule has 1 N–H and O–H groups in total. The number of likely N-dealkylation sites (tertiary alicyclic amines) is 1. The summed E-state index contributed by atoms with van der Waals surface area (Å²) in [7, 11) is 0. The van der Waals surface area contributed by atoms with Gasteiger partial charge in [0, 0.05) is 17.8 Å². The number of nitrogens with zero attached hydrogens (tertiary/aromatic N) is 1. The molecule has 1 aliphatic rings. The van der Waals surface area contributed by atoms with Crippen LogP contribution in [-0.2, 0) is 0 Å². The van der Waals surface area contributed by atoms with Crippen molar-refractivity contribution in [1.29, 1.82) is 0 Å². The Bertz CT molecular complexity index is 500. The minimum atomic E-state index is 0.632. The third kappa shape index (κ3) is 1.98. The molecule has 1 aromatic heterocycles. The zero-order valence-electron chi connectivity index (χ0n) is 10.4. The average molecular weight is 228 g/mol. The van der Waals surface area contributed by atoms with Crippen LogP contribution in [0.5, 0.6) is 0 Å². The number of aromatic nitrogens is 1. The summed E-state index contributed by atoms with van der Waals surface area (Å²) in [5.74, 6) is 0. The van der Waals surface area contributed by atoms with Crippen LogP contribution in [0.15, 0.2) is 30.5 Å². The lowest BCUT2D eigenvalue weighted by Gasteiger charge is -2.35. The third-order valence-electron chi connectivity index (χ3n) is 3.98. The number of nitrogens with one attached hydrogen (secondary N) is 1. The van der Waals surface area contributed by atoms with E-state index in [1.165, 1.54) is 42.3 Å². The van der Waals surface area contributed by atoms with Gasteiger partial charge in [0.25, 0.3) is 0 Å². The van der Waals surface area contributed by atoms with Gasteiger partial charge in [-0.05, 0) is 55.1 Å². The Morgan fingerprint density at radius 3 is 3.12 bits per heavy atom. The average Bonchev–Trinajstić information content (AvgIpc) is 2.85. The van der Waals surface area contributed by atoms with Gasteiger partial charge in [-0.3, -0.25) is 4.90 Å². The fourth-order valence-electron chi connectivity index (χ4n) is 3.03. The van der Waals surface area contributed by atoms with Crippen molar-refractivity contribution in [3.8, 4) is 0 Å². The Kier molecular flexibility index (Phi) is 2.89. The van der Waals surface area contributed by atoms with Crippen molar-refractivity contribution >= 4 is 10.9 Å². The van der Waals surface area contributed by atoms with Crippen LogP contribution in [0.4, 0.5) is 0 Å². The molecule has 0 radical (unpaired) electrons. The Morgan fingerprint density at radius 2 is 2.24 bits per heavy atom. The number of piperidine rings is 1. The highest BCUT2D eigenvalue weighted by atomic mass is 15.2. The van der Waals surface area contributed by atoms with Crippen molar-refractivity contribution < 1.29 is 0 Å². The first-order valence-electron chi connectivity index (χ1n) is 6.69. The van der Waals surface area contributed by atoms with E-state index in [0.717, 1.165) is 6.54 Å². The van der Waals surface area contributed by atoms with Crippen LogP contribution >= 0.6 is 0 Å². The fourth-order valence-corrected chi connectivity index (χ4v) is 3.03. The molecule has 0 amide bonds. The molecule has 0 saturated carbocycles. The zero-order chi connectivity index (χ0) is 11.7. The smallest absolute Gasteiger partial charge is 0.0454 e. The molecule has 1 aromatic carbocycles. The van der Waals surface area contributed by atoms with Crippen LogP contribution in [0, 0.1) is 0 Å². The fraction of sp³-hybridized carbons (Fsp3) is 0.467. The lowest BCUT2D eigenvalue weighted by atomic mass is 9.94. The molecule has 2 heteroatoms. The van der Waals surface area contributed by atoms with Crippen LogP contribution in [0.2, 0.25) is 0 Å². The maximum atomic E-state index is 3.26. The van der Waals surface area contributed by atoms with Crippen molar-refractivity contribution in [3.05, 3.63) is 36.0 Å². The van der Waals surface area contributed by atoms with Crippen molar-refractivity contribution in [2.75, 3.05) is 13.1 Å². The van der Waals surface area contributed by atoms with Crippen molar-refractivity contribution in [3.63, 3.8) is 0 Å². The number of hydrogen-bond acceptors (Lipinski definition) is 1. The molecule has 2 heterocycles. The SMILES string of the molecule is CCN1CCCC[C@H]1c1ccc2[nH]ccc2c1. The highest BCUT2D eigenvalue weighted by Crippen LogP contribution is 2.31. The van der Waals surface area contributed by atoms with E-state index in [2.05, 4.69) is 41.1 Å². The Labute approximate surface area is 103 Å². The molecule has 17 heavy (non-hydrogen) atoms. The molecule has 2 nitrogen and oxygen atoms in total.